The molecule has 2 aromatic rings. The molecule has 6 heteroatoms. The van der Waals surface area contributed by atoms with Crippen LogP contribution in [0, 0.1) is 12.7 Å². The average Bonchev–Trinajstić information content (AvgIpc) is 2.76. The lowest BCUT2D eigenvalue weighted by Gasteiger charge is -2.32. The third-order valence-corrected chi connectivity index (χ3v) is 6.40. The van der Waals surface area contributed by atoms with Crippen LogP contribution in [-0.2, 0) is 21.9 Å². The molecular weight excluding hydrogens is 411 g/mol. The van der Waals surface area contributed by atoms with Gasteiger partial charge in [-0.15, -0.1) is 11.8 Å². The summed E-state index contributed by atoms with van der Waals surface area (Å²) in [5.74, 6) is 0.0898. The van der Waals surface area contributed by atoms with Gasteiger partial charge in [-0.2, -0.15) is 0 Å². The van der Waals surface area contributed by atoms with Crippen molar-refractivity contribution in [3.8, 4) is 0 Å². The number of aryl methyl sites for hydroxylation is 1. The number of halogens is 1. The number of carbonyl (C=O) groups is 2. The zero-order valence-electron chi connectivity index (χ0n) is 18.9. The molecule has 2 rings (SSSR count). The monoisotopic (exact) mass is 444 g/mol. The molecule has 2 aromatic carbocycles. The molecular formula is C25H33FN2O2S. The summed E-state index contributed by atoms with van der Waals surface area (Å²) in [5, 5.41) is 3.02. The van der Waals surface area contributed by atoms with Crippen molar-refractivity contribution < 1.29 is 14.0 Å². The van der Waals surface area contributed by atoms with Crippen LogP contribution in [0.25, 0.3) is 0 Å². The molecule has 0 radical (unpaired) electrons. The molecule has 31 heavy (non-hydrogen) atoms. The fourth-order valence-corrected chi connectivity index (χ4v) is 4.17. The maximum absolute atomic E-state index is 13.9. The second kappa shape index (κ2) is 12.5. The molecule has 0 unspecified atom stereocenters. The first-order valence-corrected chi connectivity index (χ1v) is 12.0. The van der Waals surface area contributed by atoms with E-state index in [9.17, 15) is 14.0 Å². The molecule has 0 heterocycles. The van der Waals surface area contributed by atoms with Crippen molar-refractivity contribution in [2.75, 3.05) is 5.75 Å². The van der Waals surface area contributed by atoms with Crippen LogP contribution in [0.3, 0.4) is 0 Å². The van der Waals surface area contributed by atoms with Gasteiger partial charge in [-0.1, -0.05) is 56.3 Å². The maximum Gasteiger partial charge on any atom is 0.243 e. The van der Waals surface area contributed by atoms with E-state index in [4.69, 9.17) is 0 Å². The van der Waals surface area contributed by atoms with E-state index in [2.05, 4.69) is 5.32 Å². The Kier molecular flexibility index (Phi) is 10.0. The normalized spacial score (nSPS) is 12.8. The summed E-state index contributed by atoms with van der Waals surface area (Å²) in [5.41, 5.74) is 2.67. The van der Waals surface area contributed by atoms with E-state index in [0.29, 0.717) is 24.3 Å². The van der Waals surface area contributed by atoms with Crippen LogP contribution in [0.4, 0.5) is 4.39 Å². The summed E-state index contributed by atoms with van der Waals surface area (Å²) < 4.78 is 13.9. The van der Waals surface area contributed by atoms with E-state index in [1.165, 1.54) is 17.8 Å². The molecule has 2 amide bonds. The van der Waals surface area contributed by atoms with Gasteiger partial charge in [-0.05, 0) is 49.4 Å². The van der Waals surface area contributed by atoms with E-state index in [-0.39, 0.29) is 29.4 Å². The minimum Gasteiger partial charge on any atom is -0.352 e. The lowest BCUT2D eigenvalue weighted by atomic mass is 10.1. The summed E-state index contributed by atoms with van der Waals surface area (Å²) in [6.45, 7) is 8.28. The third kappa shape index (κ3) is 7.39. The lowest BCUT2D eigenvalue weighted by Crippen LogP contribution is -2.51. The Labute approximate surface area is 189 Å². The summed E-state index contributed by atoms with van der Waals surface area (Å²) in [4.78, 5) is 27.8. The molecule has 0 spiro atoms. The SMILES string of the molecule is CC[C@H](C(=O)N[C@@H](C)CC)N(Cc1ccccc1C)C(=O)CSCc1ccccc1F. The minimum atomic E-state index is -0.546. The van der Waals surface area contributed by atoms with Crippen molar-refractivity contribution in [2.24, 2.45) is 0 Å². The van der Waals surface area contributed by atoms with Gasteiger partial charge in [0.15, 0.2) is 0 Å². The van der Waals surface area contributed by atoms with Crippen molar-refractivity contribution in [2.45, 2.75) is 64.9 Å². The highest BCUT2D eigenvalue weighted by Gasteiger charge is 2.29. The van der Waals surface area contributed by atoms with Gasteiger partial charge in [0.2, 0.25) is 11.8 Å². The Hall–Kier alpha value is -2.34. The molecule has 0 aromatic heterocycles. The second-order valence-electron chi connectivity index (χ2n) is 7.77. The predicted octanol–water partition coefficient (Wildman–Crippen LogP) is 5.09. The summed E-state index contributed by atoms with van der Waals surface area (Å²) in [7, 11) is 0. The van der Waals surface area contributed by atoms with Crippen LogP contribution >= 0.6 is 11.8 Å². The maximum atomic E-state index is 13.9. The van der Waals surface area contributed by atoms with Crippen LogP contribution in [0.5, 0.6) is 0 Å². The number of rotatable bonds is 11. The molecule has 2 atom stereocenters. The highest BCUT2D eigenvalue weighted by molar-refractivity contribution is 7.99. The van der Waals surface area contributed by atoms with E-state index in [1.807, 2.05) is 52.0 Å². The van der Waals surface area contributed by atoms with Gasteiger partial charge < -0.3 is 10.2 Å². The van der Waals surface area contributed by atoms with E-state index in [0.717, 1.165) is 17.5 Å². The molecule has 0 bridgehead atoms. The van der Waals surface area contributed by atoms with Gasteiger partial charge in [-0.25, -0.2) is 4.39 Å². The summed E-state index contributed by atoms with van der Waals surface area (Å²) in [6.07, 6.45) is 1.35. The van der Waals surface area contributed by atoms with Gasteiger partial charge in [0.1, 0.15) is 11.9 Å². The van der Waals surface area contributed by atoms with Crippen molar-refractivity contribution in [3.63, 3.8) is 0 Å². The Bertz CT molecular complexity index is 874. The van der Waals surface area contributed by atoms with Gasteiger partial charge in [0, 0.05) is 18.3 Å². The standard InChI is InChI=1S/C25H33FN2O2S/c1-5-19(4)27-25(30)23(6-2)28(15-20-12-8-7-11-18(20)3)24(29)17-31-16-21-13-9-10-14-22(21)26/h7-14,19,23H,5-6,15-17H2,1-4H3,(H,27,30)/t19-,23+/m0/s1. The summed E-state index contributed by atoms with van der Waals surface area (Å²) in [6, 6.07) is 14.0. The fourth-order valence-electron chi connectivity index (χ4n) is 3.28. The molecule has 4 nitrogen and oxygen atoms in total. The molecule has 0 fully saturated rings. The van der Waals surface area contributed by atoms with Crippen molar-refractivity contribution >= 4 is 23.6 Å². The van der Waals surface area contributed by atoms with Crippen LogP contribution in [0.2, 0.25) is 0 Å². The average molecular weight is 445 g/mol. The quantitative estimate of drug-likeness (QED) is 0.525. The first-order chi connectivity index (χ1) is 14.9. The van der Waals surface area contributed by atoms with Crippen LogP contribution < -0.4 is 5.32 Å². The van der Waals surface area contributed by atoms with Gasteiger partial charge in [-0.3, -0.25) is 9.59 Å². The Morgan fingerprint density at radius 1 is 1.03 bits per heavy atom. The number of carbonyl (C=O) groups excluding carboxylic acids is 2. The molecule has 0 aliphatic heterocycles. The predicted molar refractivity (Wildman–Crippen MR) is 126 cm³/mol. The molecule has 0 aliphatic carbocycles. The number of benzene rings is 2. The number of nitrogens with one attached hydrogen (secondary N) is 1. The van der Waals surface area contributed by atoms with Crippen LogP contribution in [0.15, 0.2) is 48.5 Å². The molecule has 0 saturated carbocycles. The molecule has 168 valence electrons. The second-order valence-corrected chi connectivity index (χ2v) is 8.76. The topological polar surface area (TPSA) is 49.4 Å². The first-order valence-electron chi connectivity index (χ1n) is 10.8. The smallest absolute Gasteiger partial charge is 0.243 e. The Balaban J connectivity index is 2.16. The Morgan fingerprint density at radius 2 is 1.68 bits per heavy atom. The van der Waals surface area contributed by atoms with E-state index >= 15 is 0 Å². The number of amides is 2. The Morgan fingerprint density at radius 3 is 2.29 bits per heavy atom. The number of hydrogen-bond acceptors (Lipinski definition) is 3. The minimum absolute atomic E-state index is 0.0485. The fraction of sp³-hybridized carbons (Fsp3) is 0.440. The van der Waals surface area contributed by atoms with E-state index < -0.39 is 6.04 Å². The van der Waals surface area contributed by atoms with Gasteiger partial charge in [0.05, 0.1) is 5.75 Å². The number of nitrogens with zero attached hydrogens (tertiary/aromatic N) is 1. The van der Waals surface area contributed by atoms with Gasteiger partial charge in [0.25, 0.3) is 0 Å². The zero-order chi connectivity index (χ0) is 22.8. The highest BCUT2D eigenvalue weighted by Crippen LogP contribution is 2.20. The zero-order valence-corrected chi connectivity index (χ0v) is 19.7. The number of thioether (sulfide) groups is 1. The largest absolute Gasteiger partial charge is 0.352 e. The van der Waals surface area contributed by atoms with Crippen LogP contribution in [-0.4, -0.2) is 34.6 Å². The molecule has 0 aliphatic rings. The summed E-state index contributed by atoms with van der Waals surface area (Å²) >= 11 is 1.37. The van der Waals surface area contributed by atoms with E-state index in [1.54, 1.807) is 23.1 Å². The lowest BCUT2D eigenvalue weighted by molar-refractivity contribution is -0.139. The van der Waals surface area contributed by atoms with Crippen molar-refractivity contribution in [3.05, 3.63) is 71.0 Å². The molecule has 1 N–H and O–H groups in total. The van der Waals surface area contributed by atoms with Gasteiger partial charge >= 0.3 is 0 Å². The van der Waals surface area contributed by atoms with Crippen LogP contribution in [0.1, 0.15) is 50.3 Å². The molecule has 0 saturated heterocycles. The number of hydrogen-bond donors (Lipinski definition) is 1. The first kappa shape index (κ1) is 24.9. The highest BCUT2D eigenvalue weighted by atomic mass is 32.2. The van der Waals surface area contributed by atoms with Crippen molar-refractivity contribution in [1.29, 1.82) is 0 Å². The third-order valence-electron chi connectivity index (χ3n) is 5.43. The van der Waals surface area contributed by atoms with Crippen molar-refractivity contribution in [1.82, 2.24) is 10.2 Å².